The van der Waals surface area contributed by atoms with Crippen LogP contribution in [0, 0.1) is 0 Å². The van der Waals surface area contributed by atoms with Crippen LogP contribution in [0.15, 0.2) is 18.3 Å². The lowest BCUT2D eigenvalue weighted by Crippen LogP contribution is -2.30. The molecule has 0 amide bonds. The molecule has 96 valence electrons. The molecule has 1 heterocycles. The standard InChI is InChI=1S/C14H25N3/c1-5-8-14(3,4)17-12-7-10-16-13(11-12)15-9-6-2/h7,10-11H,5-6,8-9H2,1-4H3,(H2,15,16,17). The second kappa shape index (κ2) is 6.48. The predicted octanol–water partition coefficient (Wildman–Crippen LogP) is 3.89. The molecule has 0 unspecified atom stereocenters. The molecule has 1 aromatic heterocycles. The zero-order valence-electron chi connectivity index (χ0n) is 11.5. The molecule has 0 aromatic carbocycles. The Morgan fingerprint density at radius 3 is 2.65 bits per heavy atom. The SMILES string of the molecule is CCCNc1cc(NC(C)(C)CCC)ccn1. The summed E-state index contributed by atoms with van der Waals surface area (Å²) in [5.41, 5.74) is 1.27. The second-order valence-corrected chi connectivity index (χ2v) is 5.12. The summed E-state index contributed by atoms with van der Waals surface area (Å²) >= 11 is 0. The highest BCUT2D eigenvalue weighted by Gasteiger charge is 2.15. The van der Waals surface area contributed by atoms with Crippen molar-refractivity contribution in [3.05, 3.63) is 18.3 Å². The molecule has 0 bridgehead atoms. The van der Waals surface area contributed by atoms with E-state index < -0.39 is 0 Å². The summed E-state index contributed by atoms with van der Waals surface area (Å²) in [6, 6.07) is 4.10. The second-order valence-electron chi connectivity index (χ2n) is 5.12. The molecule has 1 aromatic rings. The van der Waals surface area contributed by atoms with Crippen LogP contribution in [0.2, 0.25) is 0 Å². The normalized spacial score (nSPS) is 11.3. The van der Waals surface area contributed by atoms with Crippen molar-refractivity contribution in [3.8, 4) is 0 Å². The summed E-state index contributed by atoms with van der Waals surface area (Å²) in [7, 11) is 0. The number of anilines is 2. The van der Waals surface area contributed by atoms with Gasteiger partial charge in [0.1, 0.15) is 5.82 Å². The Bertz CT molecular complexity index is 334. The fraction of sp³-hybridized carbons (Fsp3) is 0.643. The van der Waals surface area contributed by atoms with Crippen LogP contribution in [0.3, 0.4) is 0 Å². The van der Waals surface area contributed by atoms with E-state index >= 15 is 0 Å². The van der Waals surface area contributed by atoms with E-state index in [0.29, 0.717) is 0 Å². The van der Waals surface area contributed by atoms with Crippen molar-refractivity contribution in [1.82, 2.24) is 4.98 Å². The summed E-state index contributed by atoms with van der Waals surface area (Å²) in [5.74, 6) is 0.948. The molecule has 0 aliphatic rings. The summed E-state index contributed by atoms with van der Waals surface area (Å²) in [5, 5.41) is 6.86. The zero-order chi connectivity index (χ0) is 12.7. The van der Waals surface area contributed by atoms with Crippen LogP contribution >= 0.6 is 0 Å². The van der Waals surface area contributed by atoms with Crippen molar-refractivity contribution < 1.29 is 0 Å². The number of hydrogen-bond acceptors (Lipinski definition) is 3. The number of nitrogens with zero attached hydrogens (tertiary/aromatic N) is 1. The highest BCUT2D eigenvalue weighted by molar-refractivity contribution is 5.53. The van der Waals surface area contributed by atoms with Crippen molar-refractivity contribution >= 4 is 11.5 Å². The quantitative estimate of drug-likeness (QED) is 0.752. The van der Waals surface area contributed by atoms with E-state index in [1.165, 1.54) is 6.42 Å². The van der Waals surface area contributed by atoms with Crippen LogP contribution < -0.4 is 10.6 Å². The van der Waals surface area contributed by atoms with Gasteiger partial charge in [-0.2, -0.15) is 0 Å². The first-order chi connectivity index (χ1) is 8.07. The van der Waals surface area contributed by atoms with Gasteiger partial charge in [-0.3, -0.25) is 0 Å². The van der Waals surface area contributed by atoms with Crippen LogP contribution in [0.4, 0.5) is 11.5 Å². The van der Waals surface area contributed by atoms with E-state index in [4.69, 9.17) is 0 Å². The predicted molar refractivity (Wildman–Crippen MR) is 75.6 cm³/mol. The van der Waals surface area contributed by atoms with Crippen LogP contribution in [0.5, 0.6) is 0 Å². The van der Waals surface area contributed by atoms with E-state index in [-0.39, 0.29) is 5.54 Å². The van der Waals surface area contributed by atoms with E-state index in [9.17, 15) is 0 Å². The van der Waals surface area contributed by atoms with Gasteiger partial charge in [0.25, 0.3) is 0 Å². The first kappa shape index (κ1) is 13.8. The van der Waals surface area contributed by atoms with Crippen LogP contribution in [0.1, 0.15) is 47.0 Å². The zero-order valence-corrected chi connectivity index (χ0v) is 11.5. The summed E-state index contributed by atoms with van der Waals surface area (Å²) in [6.07, 6.45) is 5.31. The van der Waals surface area contributed by atoms with Gasteiger partial charge in [-0.1, -0.05) is 20.3 Å². The van der Waals surface area contributed by atoms with Gasteiger partial charge in [-0.15, -0.1) is 0 Å². The molecule has 0 fully saturated rings. The topological polar surface area (TPSA) is 37.0 Å². The van der Waals surface area contributed by atoms with Gasteiger partial charge in [-0.05, 0) is 32.8 Å². The molecule has 0 saturated carbocycles. The van der Waals surface area contributed by atoms with Crippen LogP contribution in [-0.4, -0.2) is 17.1 Å². The van der Waals surface area contributed by atoms with Gasteiger partial charge in [0.2, 0.25) is 0 Å². The average molecular weight is 235 g/mol. The van der Waals surface area contributed by atoms with Gasteiger partial charge in [-0.25, -0.2) is 4.98 Å². The van der Waals surface area contributed by atoms with Gasteiger partial charge in [0.15, 0.2) is 0 Å². The first-order valence-electron chi connectivity index (χ1n) is 6.55. The molecule has 0 aliphatic carbocycles. The molecule has 3 heteroatoms. The number of hydrogen-bond donors (Lipinski definition) is 2. The molecule has 0 saturated heterocycles. The maximum absolute atomic E-state index is 4.30. The summed E-state index contributed by atoms with van der Waals surface area (Å²) in [4.78, 5) is 4.30. The van der Waals surface area contributed by atoms with Gasteiger partial charge in [0, 0.05) is 30.0 Å². The minimum atomic E-state index is 0.137. The molecule has 3 nitrogen and oxygen atoms in total. The summed E-state index contributed by atoms with van der Waals surface area (Å²) < 4.78 is 0. The van der Waals surface area contributed by atoms with Crippen molar-refractivity contribution in [2.45, 2.75) is 52.5 Å². The van der Waals surface area contributed by atoms with Crippen LogP contribution in [-0.2, 0) is 0 Å². The van der Waals surface area contributed by atoms with Crippen molar-refractivity contribution in [1.29, 1.82) is 0 Å². The highest BCUT2D eigenvalue weighted by atomic mass is 15.0. The monoisotopic (exact) mass is 235 g/mol. The Morgan fingerprint density at radius 2 is 2.00 bits per heavy atom. The molecule has 0 spiro atoms. The van der Waals surface area contributed by atoms with Crippen molar-refractivity contribution in [2.75, 3.05) is 17.2 Å². The molecule has 17 heavy (non-hydrogen) atoms. The van der Waals surface area contributed by atoms with E-state index in [1.807, 2.05) is 12.3 Å². The molecule has 0 atom stereocenters. The number of pyridine rings is 1. The third-order valence-corrected chi connectivity index (χ3v) is 2.67. The first-order valence-corrected chi connectivity index (χ1v) is 6.55. The minimum absolute atomic E-state index is 0.137. The molecule has 2 N–H and O–H groups in total. The number of nitrogens with one attached hydrogen (secondary N) is 2. The smallest absolute Gasteiger partial charge is 0.127 e. The lowest BCUT2D eigenvalue weighted by molar-refractivity contribution is 0.511. The minimum Gasteiger partial charge on any atom is -0.380 e. The van der Waals surface area contributed by atoms with E-state index in [0.717, 1.165) is 30.9 Å². The fourth-order valence-corrected chi connectivity index (χ4v) is 1.94. The number of rotatable bonds is 7. The largest absolute Gasteiger partial charge is 0.380 e. The number of aromatic nitrogens is 1. The lowest BCUT2D eigenvalue weighted by Gasteiger charge is -2.27. The molecular formula is C14H25N3. The Hall–Kier alpha value is -1.25. The Labute approximate surface area is 105 Å². The Morgan fingerprint density at radius 1 is 1.24 bits per heavy atom. The average Bonchev–Trinajstić information content (AvgIpc) is 2.26. The lowest BCUT2D eigenvalue weighted by atomic mass is 9.98. The van der Waals surface area contributed by atoms with E-state index in [2.05, 4.69) is 49.4 Å². The maximum Gasteiger partial charge on any atom is 0.127 e. The molecule has 0 radical (unpaired) electrons. The molecular weight excluding hydrogens is 210 g/mol. The van der Waals surface area contributed by atoms with Gasteiger partial charge < -0.3 is 10.6 Å². The van der Waals surface area contributed by atoms with Crippen molar-refractivity contribution in [3.63, 3.8) is 0 Å². The summed E-state index contributed by atoms with van der Waals surface area (Å²) in [6.45, 7) is 9.80. The van der Waals surface area contributed by atoms with Crippen molar-refractivity contribution in [2.24, 2.45) is 0 Å². The van der Waals surface area contributed by atoms with Gasteiger partial charge >= 0.3 is 0 Å². The third-order valence-electron chi connectivity index (χ3n) is 2.67. The van der Waals surface area contributed by atoms with E-state index in [1.54, 1.807) is 0 Å². The highest BCUT2D eigenvalue weighted by Crippen LogP contribution is 2.20. The fourth-order valence-electron chi connectivity index (χ4n) is 1.94. The van der Waals surface area contributed by atoms with Crippen LogP contribution in [0.25, 0.3) is 0 Å². The van der Waals surface area contributed by atoms with Gasteiger partial charge in [0.05, 0.1) is 0 Å². The maximum atomic E-state index is 4.30. The molecule has 0 aliphatic heterocycles. The Kier molecular flexibility index (Phi) is 5.26. The third kappa shape index (κ3) is 5.07. The Balaban J connectivity index is 2.64. The molecule has 1 rings (SSSR count).